The zero-order chi connectivity index (χ0) is 23.1. The number of halogens is 3. The highest BCUT2D eigenvalue weighted by Crippen LogP contribution is 2.39. The Morgan fingerprint density at radius 2 is 1.88 bits per heavy atom. The number of anilines is 2. The van der Waals surface area contributed by atoms with Gasteiger partial charge in [0.15, 0.2) is 0 Å². The second-order valence-corrected chi connectivity index (χ2v) is 9.85. The summed E-state index contributed by atoms with van der Waals surface area (Å²) in [4.78, 5) is 13.4. The predicted molar refractivity (Wildman–Crippen MR) is 121 cm³/mol. The number of benzene rings is 1. The SMILES string of the molecule is Cc1nc(NCC(F)(F)F)nc(N[C@H]2CC[C@@H](C(C)(C)O)C2)c1-c1nc2ccccc2s1. The number of aliphatic hydroxyl groups is 1. The van der Waals surface area contributed by atoms with Gasteiger partial charge in [-0.1, -0.05) is 12.1 Å². The zero-order valence-corrected chi connectivity index (χ0v) is 18.9. The molecule has 0 aliphatic heterocycles. The van der Waals surface area contributed by atoms with Gasteiger partial charge in [-0.15, -0.1) is 11.3 Å². The van der Waals surface area contributed by atoms with Crippen molar-refractivity contribution in [3.63, 3.8) is 0 Å². The van der Waals surface area contributed by atoms with Crippen LogP contribution >= 0.6 is 11.3 Å². The quantitative estimate of drug-likeness (QED) is 0.453. The van der Waals surface area contributed by atoms with Gasteiger partial charge in [0, 0.05) is 6.04 Å². The standard InChI is InChI=1S/C22H26F3N5OS/c1-12-17(19-29-15-6-4-5-7-16(15)32-19)18(30-20(27-12)26-11-22(23,24)25)28-14-9-8-13(10-14)21(2,3)31/h4-7,13-14,31H,8-11H2,1-3H3,(H2,26,27,28,30)/t13-,14+/m1/s1. The first kappa shape index (κ1) is 22.7. The van der Waals surface area contributed by atoms with Crippen LogP contribution in [0.3, 0.4) is 0 Å². The van der Waals surface area contributed by atoms with Crippen molar-refractivity contribution in [3.8, 4) is 10.6 Å². The van der Waals surface area contributed by atoms with Gasteiger partial charge < -0.3 is 15.7 Å². The highest BCUT2D eigenvalue weighted by Gasteiger charge is 2.35. The molecule has 172 valence electrons. The van der Waals surface area contributed by atoms with Crippen LogP contribution in [0.25, 0.3) is 20.8 Å². The molecular formula is C22H26F3N5OS. The van der Waals surface area contributed by atoms with Crippen molar-refractivity contribution >= 4 is 33.3 Å². The smallest absolute Gasteiger partial charge is 0.390 e. The number of hydrogen-bond acceptors (Lipinski definition) is 7. The van der Waals surface area contributed by atoms with Crippen LogP contribution in [0.2, 0.25) is 0 Å². The molecular weight excluding hydrogens is 439 g/mol. The molecule has 2 atom stereocenters. The third-order valence-electron chi connectivity index (χ3n) is 5.82. The van der Waals surface area contributed by atoms with E-state index in [-0.39, 0.29) is 17.9 Å². The second kappa shape index (κ2) is 8.47. The van der Waals surface area contributed by atoms with Crippen LogP contribution < -0.4 is 10.6 Å². The first-order valence-corrected chi connectivity index (χ1v) is 11.4. The maximum absolute atomic E-state index is 12.7. The Morgan fingerprint density at radius 1 is 1.12 bits per heavy atom. The average molecular weight is 466 g/mol. The van der Waals surface area contributed by atoms with Gasteiger partial charge in [0.05, 0.1) is 27.1 Å². The molecule has 3 N–H and O–H groups in total. The molecule has 1 fully saturated rings. The number of aromatic nitrogens is 3. The van der Waals surface area contributed by atoms with Crippen molar-refractivity contribution in [1.82, 2.24) is 15.0 Å². The molecule has 4 rings (SSSR count). The van der Waals surface area contributed by atoms with Crippen molar-refractivity contribution in [2.24, 2.45) is 5.92 Å². The van der Waals surface area contributed by atoms with E-state index in [1.165, 1.54) is 11.3 Å². The van der Waals surface area contributed by atoms with Gasteiger partial charge in [-0.05, 0) is 58.1 Å². The summed E-state index contributed by atoms with van der Waals surface area (Å²) >= 11 is 1.49. The lowest BCUT2D eigenvalue weighted by atomic mass is 9.89. The molecule has 32 heavy (non-hydrogen) atoms. The molecule has 0 spiro atoms. The molecule has 0 radical (unpaired) electrons. The van der Waals surface area contributed by atoms with Crippen LogP contribution in [0.4, 0.5) is 24.9 Å². The number of nitrogens with one attached hydrogen (secondary N) is 2. The summed E-state index contributed by atoms with van der Waals surface area (Å²) in [5, 5.41) is 16.8. The number of fused-ring (bicyclic) bond motifs is 1. The van der Waals surface area contributed by atoms with Gasteiger partial charge in [0.25, 0.3) is 0 Å². The van der Waals surface area contributed by atoms with Crippen molar-refractivity contribution in [1.29, 1.82) is 0 Å². The number of alkyl halides is 3. The van der Waals surface area contributed by atoms with Gasteiger partial charge in [-0.2, -0.15) is 18.2 Å². The maximum Gasteiger partial charge on any atom is 0.405 e. The number of rotatable bonds is 6. The summed E-state index contributed by atoms with van der Waals surface area (Å²) in [7, 11) is 0. The Balaban J connectivity index is 1.69. The summed E-state index contributed by atoms with van der Waals surface area (Å²) in [6, 6.07) is 7.79. The molecule has 6 nitrogen and oxygen atoms in total. The Hall–Kier alpha value is -2.46. The molecule has 0 amide bonds. The van der Waals surface area contributed by atoms with Gasteiger partial charge >= 0.3 is 6.18 Å². The van der Waals surface area contributed by atoms with Crippen LogP contribution in [-0.2, 0) is 0 Å². The molecule has 1 saturated carbocycles. The van der Waals surface area contributed by atoms with Crippen LogP contribution in [0.1, 0.15) is 38.8 Å². The van der Waals surface area contributed by atoms with E-state index in [9.17, 15) is 18.3 Å². The molecule has 2 heterocycles. The zero-order valence-electron chi connectivity index (χ0n) is 18.1. The first-order chi connectivity index (χ1) is 15.0. The summed E-state index contributed by atoms with van der Waals surface area (Å²) in [6.07, 6.45) is -1.93. The lowest BCUT2D eigenvalue weighted by molar-refractivity contribution is -0.115. The summed E-state index contributed by atoms with van der Waals surface area (Å²) in [5.74, 6) is 0.517. The molecule has 3 aromatic rings. The van der Waals surface area contributed by atoms with Crippen LogP contribution in [0, 0.1) is 12.8 Å². The van der Waals surface area contributed by atoms with Crippen LogP contribution in [0.5, 0.6) is 0 Å². The highest BCUT2D eigenvalue weighted by molar-refractivity contribution is 7.21. The third-order valence-corrected chi connectivity index (χ3v) is 6.87. The largest absolute Gasteiger partial charge is 0.405 e. The second-order valence-electron chi connectivity index (χ2n) is 8.82. The number of para-hydroxylation sites is 1. The summed E-state index contributed by atoms with van der Waals surface area (Å²) < 4.78 is 39.2. The van der Waals surface area contributed by atoms with E-state index in [0.29, 0.717) is 22.1 Å². The van der Waals surface area contributed by atoms with Gasteiger partial charge in [-0.25, -0.2) is 9.97 Å². The monoisotopic (exact) mass is 465 g/mol. The van der Waals surface area contributed by atoms with E-state index in [4.69, 9.17) is 4.98 Å². The minimum absolute atomic E-state index is 0.0457. The topological polar surface area (TPSA) is 83.0 Å². The van der Waals surface area contributed by atoms with E-state index in [2.05, 4.69) is 20.6 Å². The molecule has 0 unspecified atom stereocenters. The first-order valence-electron chi connectivity index (χ1n) is 10.5. The van der Waals surface area contributed by atoms with Crippen molar-refractivity contribution in [2.75, 3.05) is 17.2 Å². The van der Waals surface area contributed by atoms with Gasteiger partial charge in [0.2, 0.25) is 5.95 Å². The Labute approximate surface area is 188 Å². The summed E-state index contributed by atoms with van der Waals surface area (Å²) in [6.45, 7) is 4.15. The van der Waals surface area contributed by atoms with Gasteiger partial charge in [0.1, 0.15) is 17.4 Å². The summed E-state index contributed by atoms with van der Waals surface area (Å²) in [5.41, 5.74) is 1.30. The number of hydrogen-bond donors (Lipinski definition) is 3. The molecule has 0 bridgehead atoms. The fraction of sp³-hybridized carbons (Fsp3) is 0.500. The van der Waals surface area contributed by atoms with Gasteiger partial charge in [-0.3, -0.25) is 0 Å². The Bertz CT molecular complexity index is 1080. The molecule has 0 saturated heterocycles. The van der Waals surface area contributed by atoms with Crippen molar-refractivity contribution < 1.29 is 18.3 Å². The van der Waals surface area contributed by atoms with E-state index in [1.54, 1.807) is 20.8 Å². The Kier molecular flexibility index (Phi) is 6.02. The number of nitrogens with zero attached hydrogens (tertiary/aromatic N) is 3. The van der Waals surface area contributed by atoms with E-state index < -0.39 is 18.3 Å². The normalized spacial score (nSPS) is 19.5. The van der Waals surface area contributed by atoms with Crippen molar-refractivity contribution in [2.45, 2.75) is 57.9 Å². The lowest BCUT2D eigenvalue weighted by Crippen LogP contribution is -2.30. The lowest BCUT2D eigenvalue weighted by Gasteiger charge is -2.25. The Morgan fingerprint density at radius 3 is 2.53 bits per heavy atom. The minimum atomic E-state index is -4.37. The van der Waals surface area contributed by atoms with Crippen LogP contribution in [0.15, 0.2) is 24.3 Å². The van der Waals surface area contributed by atoms with E-state index >= 15 is 0 Å². The highest BCUT2D eigenvalue weighted by atomic mass is 32.1. The van der Waals surface area contributed by atoms with E-state index in [0.717, 1.165) is 29.5 Å². The molecule has 1 aromatic carbocycles. The molecule has 1 aliphatic carbocycles. The predicted octanol–water partition coefficient (Wildman–Crippen LogP) is 5.39. The molecule has 10 heteroatoms. The molecule has 2 aromatic heterocycles. The number of aryl methyl sites for hydroxylation is 1. The fourth-order valence-electron chi connectivity index (χ4n) is 4.12. The number of thiazole rings is 1. The third kappa shape index (κ3) is 5.12. The van der Waals surface area contributed by atoms with E-state index in [1.807, 2.05) is 24.3 Å². The average Bonchev–Trinajstić information content (AvgIpc) is 3.32. The van der Waals surface area contributed by atoms with Crippen molar-refractivity contribution in [3.05, 3.63) is 30.0 Å². The van der Waals surface area contributed by atoms with Crippen LogP contribution in [-0.4, -0.2) is 44.4 Å². The minimum Gasteiger partial charge on any atom is -0.390 e. The maximum atomic E-state index is 12.7. The molecule has 1 aliphatic rings. The fourth-order valence-corrected chi connectivity index (χ4v) is 5.18.